The monoisotopic (exact) mass is 597 g/mol. The number of carboxylic acids is 1. The predicted octanol–water partition coefficient (Wildman–Crippen LogP) is 4.77. The summed E-state index contributed by atoms with van der Waals surface area (Å²) in [7, 11) is 3.12. The number of rotatable bonds is 11. The van der Waals surface area contributed by atoms with Crippen LogP contribution in [-0.2, 0) is 24.4 Å². The molecule has 0 amide bonds. The van der Waals surface area contributed by atoms with Crippen LogP contribution in [-0.4, -0.2) is 70.5 Å². The Kier molecular flexibility index (Phi) is 8.63. The Bertz CT molecular complexity index is 1700. The van der Waals surface area contributed by atoms with Crippen LogP contribution in [0.3, 0.4) is 0 Å². The summed E-state index contributed by atoms with van der Waals surface area (Å²) in [5.41, 5.74) is 3.98. The summed E-state index contributed by atoms with van der Waals surface area (Å²) >= 11 is 0. The molecule has 2 saturated heterocycles. The first kappa shape index (κ1) is 29.4. The number of nitriles is 1. The van der Waals surface area contributed by atoms with E-state index in [2.05, 4.69) is 21.6 Å². The molecule has 11 heteroatoms. The normalized spacial score (nSPS) is 17.2. The number of hydrogen-bond acceptors (Lipinski definition) is 9. The Balaban J connectivity index is 1.13. The maximum atomic E-state index is 11.8. The molecule has 1 unspecified atom stereocenters. The van der Waals surface area contributed by atoms with E-state index in [1.165, 1.54) is 13.2 Å². The number of nitrogens with zero attached hydrogens (tertiary/aromatic N) is 5. The standard InChI is InChI=1S/C33H35N5O6/c1-41-28-14-21(17-34)6-7-23(28)20-44-31-5-3-4-26(35-31)22-8-11-37(12-9-22)19-30-36-32-27(38(30)18-25-10-13-43-25)15-24(33(39)40)16-29(32)42-2/h3-7,14-16,22,25H,8-13,18-20H2,1-2H3,(H,39,40). The van der Waals surface area contributed by atoms with Crippen molar-refractivity contribution in [3.05, 3.63) is 76.7 Å². The minimum absolute atomic E-state index is 0.0925. The summed E-state index contributed by atoms with van der Waals surface area (Å²) in [4.78, 5) is 24.0. The summed E-state index contributed by atoms with van der Waals surface area (Å²) in [6.45, 7) is 4.05. The number of piperidine rings is 1. The number of aromatic carboxylic acids is 1. The third kappa shape index (κ3) is 6.18. The van der Waals surface area contributed by atoms with Crippen LogP contribution < -0.4 is 14.2 Å². The highest BCUT2D eigenvalue weighted by molar-refractivity contribution is 5.95. The second-order valence-corrected chi connectivity index (χ2v) is 11.1. The third-order valence-corrected chi connectivity index (χ3v) is 8.45. The van der Waals surface area contributed by atoms with Crippen molar-refractivity contribution in [2.75, 3.05) is 33.9 Å². The molecular weight excluding hydrogens is 562 g/mol. The zero-order valence-electron chi connectivity index (χ0n) is 24.9. The number of aromatic nitrogens is 3. The van der Waals surface area contributed by atoms with Crippen molar-refractivity contribution in [2.45, 2.75) is 51.0 Å². The highest BCUT2D eigenvalue weighted by Crippen LogP contribution is 2.32. The van der Waals surface area contributed by atoms with E-state index in [4.69, 9.17) is 34.2 Å². The summed E-state index contributed by atoms with van der Waals surface area (Å²) < 4.78 is 24.8. The average Bonchev–Trinajstić information content (AvgIpc) is 3.38. The van der Waals surface area contributed by atoms with Gasteiger partial charge in [0.15, 0.2) is 0 Å². The van der Waals surface area contributed by atoms with Gasteiger partial charge in [0.25, 0.3) is 0 Å². The summed E-state index contributed by atoms with van der Waals surface area (Å²) in [5, 5.41) is 18.8. The first-order valence-electron chi connectivity index (χ1n) is 14.8. The van der Waals surface area contributed by atoms with E-state index < -0.39 is 5.97 Å². The topological polar surface area (TPSA) is 132 Å². The van der Waals surface area contributed by atoms with Gasteiger partial charge in [0.1, 0.15) is 29.4 Å². The lowest BCUT2D eigenvalue weighted by Crippen LogP contribution is -2.35. The van der Waals surface area contributed by atoms with Crippen LogP contribution in [0.25, 0.3) is 11.0 Å². The predicted molar refractivity (Wildman–Crippen MR) is 161 cm³/mol. The molecule has 2 fully saturated rings. The molecule has 11 nitrogen and oxygen atoms in total. The molecule has 0 spiro atoms. The number of fused-ring (bicyclic) bond motifs is 1. The Morgan fingerprint density at radius 2 is 1.86 bits per heavy atom. The number of pyridine rings is 1. The van der Waals surface area contributed by atoms with Gasteiger partial charge in [-0.3, -0.25) is 4.90 Å². The number of likely N-dealkylation sites (tertiary alicyclic amines) is 1. The molecule has 0 saturated carbocycles. The summed E-state index contributed by atoms with van der Waals surface area (Å²) in [6.07, 6.45) is 2.95. The highest BCUT2D eigenvalue weighted by Gasteiger charge is 2.27. The zero-order chi connectivity index (χ0) is 30.6. The van der Waals surface area contributed by atoms with E-state index in [9.17, 15) is 9.90 Å². The number of hydrogen-bond donors (Lipinski definition) is 1. The van der Waals surface area contributed by atoms with Crippen LogP contribution in [0.4, 0.5) is 0 Å². The van der Waals surface area contributed by atoms with Gasteiger partial charge in [0.2, 0.25) is 5.88 Å². The number of methoxy groups -OCH3 is 2. The molecule has 2 aromatic carbocycles. The first-order valence-corrected chi connectivity index (χ1v) is 14.8. The molecule has 0 bridgehead atoms. The minimum Gasteiger partial charge on any atom is -0.496 e. The van der Waals surface area contributed by atoms with Crippen molar-refractivity contribution in [1.29, 1.82) is 5.26 Å². The first-order chi connectivity index (χ1) is 21.4. The van der Waals surface area contributed by atoms with E-state index in [1.54, 1.807) is 25.3 Å². The number of ether oxygens (including phenoxy) is 4. The van der Waals surface area contributed by atoms with Crippen LogP contribution in [0.5, 0.6) is 17.4 Å². The van der Waals surface area contributed by atoms with Crippen LogP contribution in [0.2, 0.25) is 0 Å². The van der Waals surface area contributed by atoms with Crippen molar-refractivity contribution >= 4 is 17.0 Å². The van der Waals surface area contributed by atoms with Crippen LogP contribution >= 0.6 is 0 Å². The summed E-state index contributed by atoms with van der Waals surface area (Å²) in [5.74, 6) is 1.80. The lowest BCUT2D eigenvalue weighted by molar-refractivity contribution is -0.0592. The van der Waals surface area contributed by atoms with Crippen LogP contribution in [0.1, 0.15) is 58.2 Å². The van der Waals surface area contributed by atoms with E-state index >= 15 is 0 Å². The van der Waals surface area contributed by atoms with Crippen molar-refractivity contribution < 1.29 is 28.8 Å². The quantitative estimate of drug-likeness (QED) is 0.258. The van der Waals surface area contributed by atoms with Gasteiger partial charge in [-0.2, -0.15) is 5.26 Å². The molecule has 4 aromatic rings. The molecule has 228 valence electrons. The van der Waals surface area contributed by atoms with Crippen molar-refractivity contribution in [3.8, 4) is 23.4 Å². The number of carbonyl (C=O) groups is 1. The van der Waals surface area contributed by atoms with Gasteiger partial charge in [-0.25, -0.2) is 14.8 Å². The summed E-state index contributed by atoms with van der Waals surface area (Å²) in [6, 6.07) is 16.5. The third-order valence-electron chi connectivity index (χ3n) is 8.45. The van der Waals surface area contributed by atoms with E-state index in [0.29, 0.717) is 47.5 Å². The maximum absolute atomic E-state index is 11.8. The molecule has 1 N–H and O–H groups in total. The molecule has 0 radical (unpaired) electrons. The van der Waals surface area contributed by atoms with Crippen molar-refractivity contribution in [3.63, 3.8) is 0 Å². The van der Waals surface area contributed by atoms with Gasteiger partial charge in [-0.1, -0.05) is 12.1 Å². The maximum Gasteiger partial charge on any atom is 0.335 e. The Labute approximate surface area is 255 Å². The number of benzene rings is 2. The second-order valence-electron chi connectivity index (χ2n) is 11.1. The number of carboxylic acid groups (broad SMARTS) is 1. The van der Waals surface area contributed by atoms with Crippen molar-refractivity contribution in [1.82, 2.24) is 19.4 Å². The molecule has 1 atom stereocenters. The fraction of sp³-hybridized carbons (Fsp3) is 0.394. The smallest absolute Gasteiger partial charge is 0.335 e. The number of imidazole rings is 1. The SMILES string of the molecule is COc1cc(C#N)ccc1COc1cccc(C2CCN(Cc3nc4c(OC)cc(C(=O)O)cc4n3CC3CCO3)CC2)n1. The lowest BCUT2D eigenvalue weighted by Gasteiger charge is -2.32. The molecule has 44 heavy (non-hydrogen) atoms. The Morgan fingerprint density at radius 1 is 1.07 bits per heavy atom. The van der Waals surface area contributed by atoms with Gasteiger partial charge >= 0.3 is 5.97 Å². The van der Waals surface area contributed by atoms with Gasteiger partial charge in [0, 0.05) is 29.8 Å². The average molecular weight is 598 g/mol. The van der Waals surface area contributed by atoms with Gasteiger partial charge in [-0.05, 0) is 62.7 Å². The van der Waals surface area contributed by atoms with Gasteiger partial charge in [-0.15, -0.1) is 0 Å². The van der Waals surface area contributed by atoms with Crippen LogP contribution in [0, 0.1) is 11.3 Å². The largest absolute Gasteiger partial charge is 0.496 e. The van der Waals surface area contributed by atoms with Crippen molar-refractivity contribution in [2.24, 2.45) is 0 Å². The Hall–Kier alpha value is -4.66. The van der Waals surface area contributed by atoms with Crippen LogP contribution in [0.15, 0.2) is 48.5 Å². The van der Waals surface area contributed by atoms with Gasteiger partial charge in [0.05, 0.1) is 56.1 Å². The fourth-order valence-corrected chi connectivity index (χ4v) is 5.89. The molecular formula is C33H35N5O6. The zero-order valence-corrected chi connectivity index (χ0v) is 24.9. The molecule has 2 aliphatic rings. The molecule has 4 heterocycles. The second kappa shape index (κ2) is 12.9. The highest BCUT2D eigenvalue weighted by atomic mass is 16.5. The van der Waals surface area contributed by atoms with E-state index in [0.717, 1.165) is 61.6 Å². The molecule has 2 aliphatic heterocycles. The van der Waals surface area contributed by atoms with E-state index in [1.807, 2.05) is 18.2 Å². The minimum atomic E-state index is -1.00. The van der Waals surface area contributed by atoms with E-state index in [-0.39, 0.29) is 18.3 Å². The Morgan fingerprint density at radius 3 is 2.55 bits per heavy atom. The lowest BCUT2D eigenvalue weighted by atomic mass is 9.93. The molecule has 2 aromatic heterocycles. The van der Waals surface area contributed by atoms with Gasteiger partial charge < -0.3 is 28.6 Å². The molecule has 0 aliphatic carbocycles. The fourth-order valence-electron chi connectivity index (χ4n) is 5.89. The molecule has 6 rings (SSSR count).